The van der Waals surface area contributed by atoms with Crippen LogP contribution in [-0.2, 0) is 34.5 Å². The molecule has 2 aromatic rings. The molecule has 0 atom stereocenters. The minimum atomic E-state index is -5.08. The summed E-state index contributed by atoms with van der Waals surface area (Å²) in [5, 5.41) is 7.12. The number of hydrogen-bond donors (Lipinski definition) is 1. The molecular weight excluding hydrogens is 487 g/mol. The molecule has 0 amide bonds. The van der Waals surface area contributed by atoms with E-state index in [1.54, 1.807) is 6.33 Å². The molecule has 0 spiro atoms. The van der Waals surface area contributed by atoms with Crippen molar-refractivity contribution in [1.82, 2.24) is 18.8 Å². The number of hydrogen-bond acceptors (Lipinski definition) is 5. The molecule has 0 saturated heterocycles. The topological polar surface area (TPSA) is 95.7 Å². The number of aromatic nitrogens is 2. The van der Waals surface area contributed by atoms with Crippen LogP contribution in [0.3, 0.4) is 0 Å². The van der Waals surface area contributed by atoms with Crippen LogP contribution in [0.2, 0.25) is 0 Å². The van der Waals surface area contributed by atoms with Gasteiger partial charge >= 0.3 is 12.1 Å². The number of carbonyl (C=O) groups is 1. The van der Waals surface area contributed by atoms with Crippen LogP contribution in [0.25, 0.3) is 0 Å². The van der Waals surface area contributed by atoms with Crippen LogP contribution >= 0.6 is 0 Å². The van der Waals surface area contributed by atoms with Crippen LogP contribution in [0.4, 0.5) is 22.0 Å². The summed E-state index contributed by atoms with van der Waals surface area (Å²) in [7, 11) is -2.03. The Morgan fingerprint density at radius 2 is 1.74 bits per heavy atom. The van der Waals surface area contributed by atoms with Gasteiger partial charge in [-0.15, -0.1) is 0 Å². The van der Waals surface area contributed by atoms with Crippen molar-refractivity contribution in [2.75, 3.05) is 13.6 Å². The van der Waals surface area contributed by atoms with Gasteiger partial charge in [0.05, 0.1) is 29.2 Å². The molecule has 0 radical (unpaired) electrons. The summed E-state index contributed by atoms with van der Waals surface area (Å²) in [6.07, 6.45) is -2.75. The van der Waals surface area contributed by atoms with Crippen molar-refractivity contribution in [3.63, 3.8) is 0 Å². The zero-order valence-corrected chi connectivity index (χ0v) is 19.5. The number of fused-ring (bicyclic) bond motifs is 1. The van der Waals surface area contributed by atoms with E-state index in [0.717, 1.165) is 23.5 Å². The zero-order chi connectivity index (χ0) is 25.8. The molecule has 1 aliphatic heterocycles. The standard InChI is InChI=1S/C18H24F2N4O2S.C2HF3O2/c1-13(2)22(3)10-17-18-11-24(6-4-5-23(18)12-21-17)27(25,26)16-8-14(19)7-15(20)9-16;3-2(4,5)1(6)7/h7-9,12-13H,4-6,10-11H2,1-3H3;(H,6,7). The summed E-state index contributed by atoms with van der Waals surface area (Å²) in [5.41, 5.74) is 1.64. The molecule has 8 nitrogen and oxygen atoms in total. The summed E-state index contributed by atoms with van der Waals surface area (Å²) in [4.78, 5) is 15.1. The highest BCUT2D eigenvalue weighted by Crippen LogP contribution is 2.25. The first-order valence-electron chi connectivity index (χ1n) is 10.1. The Balaban J connectivity index is 0.000000509. The lowest BCUT2D eigenvalue weighted by atomic mass is 10.2. The van der Waals surface area contributed by atoms with Crippen molar-refractivity contribution in [2.24, 2.45) is 0 Å². The molecule has 0 saturated carbocycles. The average Bonchev–Trinajstić information content (AvgIpc) is 2.93. The van der Waals surface area contributed by atoms with E-state index in [4.69, 9.17) is 9.90 Å². The van der Waals surface area contributed by atoms with Crippen molar-refractivity contribution >= 4 is 16.0 Å². The summed E-state index contributed by atoms with van der Waals surface area (Å²) < 4.78 is 88.0. The van der Waals surface area contributed by atoms with Gasteiger partial charge in [-0.1, -0.05) is 0 Å². The van der Waals surface area contributed by atoms with E-state index < -0.39 is 33.8 Å². The van der Waals surface area contributed by atoms with Gasteiger partial charge in [0.15, 0.2) is 0 Å². The second-order valence-corrected chi connectivity index (χ2v) is 9.88. The molecule has 0 fully saturated rings. The average molecular weight is 513 g/mol. The zero-order valence-electron chi connectivity index (χ0n) is 18.7. The fourth-order valence-corrected chi connectivity index (χ4v) is 4.55. The number of rotatable bonds is 5. The molecule has 34 heavy (non-hydrogen) atoms. The Labute approximate surface area is 193 Å². The first kappa shape index (κ1) is 27.7. The number of halogens is 5. The highest BCUT2D eigenvalue weighted by Gasteiger charge is 2.38. The molecule has 1 N–H and O–H groups in total. The minimum Gasteiger partial charge on any atom is -0.475 e. The van der Waals surface area contributed by atoms with Gasteiger partial charge in [0, 0.05) is 31.7 Å². The Hall–Kier alpha value is -2.58. The number of carboxylic acids is 1. The maximum Gasteiger partial charge on any atom is 0.490 e. The molecule has 2 heterocycles. The van der Waals surface area contributed by atoms with Crippen molar-refractivity contribution in [3.05, 3.63) is 47.5 Å². The third kappa shape index (κ3) is 6.96. The third-order valence-electron chi connectivity index (χ3n) is 5.16. The highest BCUT2D eigenvalue weighted by atomic mass is 32.2. The fraction of sp³-hybridized carbons (Fsp3) is 0.500. The fourth-order valence-electron chi connectivity index (χ4n) is 3.07. The predicted molar refractivity (Wildman–Crippen MR) is 111 cm³/mol. The van der Waals surface area contributed by atoms with Crippen molar-refractivity contribution < 1.29 is 40.3 Å². The number of aliphatic carboxylic acids is 1. The lowest BCUT2D eigenvalue weighted by molar-refractivity contribution is -0.192. The van der Waals surface area contributed by atoms with Crippen molar-refractivity contribution in [3.8, 4) is 0 Å². The van der Waals surface area contributed by atoms with E-state index in [0.29, 0.717) is 31.6 Å². The number of nitrogens with zero attached hydrogens (tertiary/aromatic N) is 4. The van der Waals surface area contributed by atoms with Gasteiger partial charge in [0.1, 0.15) is 11.6 Å². The van der Waals surface area contributed by atoms with E-state index in [1.807, 2.05) is 11.6 Å². The molecular formula is C20H25F5N4O4S. The van der Waals surface area contributed by atoms with E-state index in [-0.39, 0.29) is 18.0 Å². The monoisotopic (exact) mass is 512 g/mol. The lowest BCUT2D eigenvalue weighted by Gasteiger charge is -2.23. The summed E-state index contributed by atoms with van der Waals surface area (Å²) in [6.45, 7) is 5.80. The molecule has 0 bridgehead atoms. The van der Waals surface area contributed by atoms with Crippen molar-refractivity contribution in [2.45, 2.75) is 57.0 Å². The predicted octanol–water partition coefficient (Wildman–Crippen LogP) is 3.23. The van der Waals surface area contributed by atoms with Gasteiger partial charge in [0.25, 0.3) is 0 Å². The normalized spacial score (nSPS) is 15.0. The van der Waals surface area contributed by atoms with Crippen molar-refractivity contribution in [1.29, 1.82) is 0 Å². The second-order valence-electron chi connectivity index (χ2n) is 7.94. The molecule has 1 aromatic carbocycles. The number of aryl methyl sites for hydroxylation is 1. The smallest absolute Gasteiger partial charge is 0.475 e. The Kier molecular flexibility index (Phi) is 8.77. The quantitative estimate of drug-likeness (QED) is 0.619. The van der Waals surface area contributed by atoms with E-state index in [1.165, 1.54) is 4.31 Å². The molecule has 14 heteroatoms. The third-order valence-corrected chi connectivity index (χ3v) is 6.99. The molecule has 1 aromatic heterocycles. The number of alkyl halides is 3. The van der Waals surface area contributed by atoms with Crippen LogP contribution in [0.15, 0.2) is 29.4 Å². The van der Waals surface area contributed by atoms with Gasteiger partial charge in [-0.05, 0) is 39.4 Å². The van der Waals surface area contributed by atoms with Crippen LogP contribution in [0.1, 0.15) is 31.7 Å². The summed E-state index contributed by atoms with van der Waals surface area (Å²) in [5.74, 6) is -4.58. The van der Waals surface area contributed by atoms with E-state index in [9.17, 15) is 30.4 Å². The largest absolute Gasteiger partial charge is 0.490 e. The Morgan fingerprint density at radius 3 is 2.24 bits per heavy atom. The maximum atomic E-state index is 13.5. The first-order chi connectivity index (χ1) is 15.6. The SMILES string of the molecule is CC(C)N(C)Cc1ncn2c1CN(S(=O)(=O)c1cc(F)cc(F)c1)CCC2.O=C(O)C(F)(F)F. The van der Waals surface area contributed by atoms with Gasteiger partial charge in [-0.25, -0.2) is 27.0 Å². The lowest BCUT2D eigenvalue weighted by Crippen LogP contribution is -2.32. The Morgan fingerprint density at radius 1 is 1.18 bits per heavy atom. The van der Waals surface area contributed by atoms with E-state index >= 15 is 0 Å². The molecule has 190 valence electrons. The summed E-state index contributed by atoms with van der Waals surface area (Å²) in [6, 6.07) is 2.70. The number of carboxylic acid groups (broad SMARTS) is 1. The van der Waals surface area contributed by atoms with Gasteiger partial charge < -0.3 is 9.67 Å². The number of sulfonamides is 1. The van der Waals surface area contributed by atoms with Crippen LogP contribution in [-0.4, -0.2) is 64.1 Å². The van der Waals surface area contributed by atoms with Gasteiger partial charge in [-0.3, -0.25) is 4.90 Å². The molecule has 0 aliphatic carbocycles. The highest BCUT2D eigenvalue weighted by molar-refractivity contribution is 7.89. The van der Waals surface area contributed by atoms with Gasteiger partial charge in [0.2, 0.25) is 10.0 Å². The summed E-state index contributed by atoms with van der Waals surface area (Å²) >= 11 is 0. The molecule has 0 unspecified atom stereocenters. The number of benzene rings is 1. The number of imidazole rings is 1. The van der Waals surface area contributed by atoms with Crippen LogP contribution in [0.5, 0.6) is 0 Å². The van der Waals surface area contributed by atoms with Crippen LogP contribution in [0, 0.1) is 11.6 Å². The maximum absolute atomic E-state index is 13.5. The molecule has 1 aliphatic rings. The van der Waals surface area contributed by atoms with E-state index in [2.05, 4.69) is 23.7 Å². The molecule has 3 rings (SSSR count). The van der Waals surface area contributed by atoms with Gasteiger partial charge in [-0.2, -0.15) is 17.5 Å². The second kappa shape index (κ2) is 10.8. The Bertz CT molecular complexity index is 1100. The first-order valence-corrected chi connectivity index (χ1v) is 11.6. The minimum absolute atomic E-state index is 0.127. The van der Waals surface area contributed by atoms with Crippen LogP contribution < -0.4 is 0 Å².